The summed E-state index contributed by atoms with van der Waals surface area (Å²) in [6.07, 6.45) is -0.677. The Hall–Kier alpha value is -1.77. The lowest BCUT2D eigenvalue weighted by Crippen LogP contribution is -2.06. The van der Waals surface area contributed by atoms with Crippen LogP contribution in [-0.2, 0) is 0 Å². The predicted octanol–water partition coefficient (Wildman–Crippen LogP) is 4.92. The van der Waals surface area contributed by atoms with E-state index in [9.17, 15) is 5.11 Å². The van der Waals surface area contributed by atoms with Gasteiger partial charge >= 0.3 is 0 Å². The van der Waals surface area contributed by atoms with Gasteiger partial charge in [-0.1, -0.05) is 48.9 Å². The molecule has 0 saturated heterocycles. The molecule has 0 spiro atoms. The number of fused-ring (bicyclic) bond motifs is 1. The average molecular weight is 287 g/mol. The van der Waals surface area contributed by atoms with E-state index in [1.54, 1.807) is 6.07 Å². The fourth-order valence-corrected chi connectivity index (χ4v) is 2.55. The molecule has 3 rings (SSSR count). The van der Waals surface area contributed by atoms with E-state index in [1.807, 2.05) is 55.5 Å². The molecule has 2 atom stereocenters. The van der Waals surface area contributed by atoms with Crippen LogP contribution in [0.3, 0.4) is 0 Å². The van der Waals surface area contributed by atoms with Crippen molar-refractivity contribution in [1.29, 1.82) is 0 Å². The standard InChI is InChI=1S/C17H15ClO2/c1-11(12-5-3-2-4-6-12)17(19)16-10-13-9-14(18)7-8-15(13)20-16/h2-11,17,19H,1H3. The first-order valence-electron chi connectivity index (χ1n) is 6.57. The van der Waals surface area contributed by atoms with E-state index >= 15 is 0 Å². The van der Waals surface area contributed by atoms with Gasteiger partial charge < -0.3 is 9.52 Å². The quantitative estimate of drug-likeness (QED) is 0.741. The van der Waals surface area contributed by atoms with Crippen LogP contribution in [0.2, 0.25) is 5.02 Å². The number of halogens is 1. The zero-order chi connectivity index (χ0) is 14.1. The lowest BCUT2D eigenvalue weighted by molar-refractivity contribution is 0.128. The van der Waals surface area contributed by atoms with Gasteiger partial charge in [0.15, 0.2) is 0 Å². The van der Waals surface area contributed by atoms with E-state index in [4.69, 9.17) is 16.0 Å². The second-order valence-corrected chi connectivity index (χ2v) is 5.41. The molecule has 20 heavy (non-hydrogen) atoms. The number of rotatable bonds is 3. The molecule has 2 unspecified atom stereocenters. The van der Waals surface area contributed by atoms with Gasteiger partial charge in [0.25, 0.3) is 0 Å². The molecule has 0 radical (unpaired) electrons. The Kier molecular flexibility index (Phi) is 3.51. The smallest absolute Gasteiger partial charge is 0.134 e. The first kappa shape index (κ1) is 13.2. The van der Waals surface area contributed by atoms with Crippen molar-refractivity contribution in [1.82, 2.24) is 0 Å². The minimum absolute atomic E-state index is 0.0350. The third kappa shape index (κ3) is 2.45. The lowest BCUT2D eigenvalue weighted by Gasteiger charge is -2.17. The van der Waals surface area contributed by atoms with Gasteiger partial charge in [0.1, 0.15) is 17.4 Å². The number of benzene rings is 2. The van der Waals surface area contributed by atoms with Crippen LogP contribution >= 0.6 is 11.6 Å². The molecule has 0 amide bonds. The molecule has 102 valence electrons. The highest BCUT2D eigenvalue weighted by Gasteiger charge is 2.21. The van der Waals surface area contributed by atoms with Crippen LogP contribution in [0.25, 0.3) is 11.0 Å². The van der Waals surface area contributed by atoms with Gasteiger partial charge in [0, 0.05) is 16.3 Å². The maximum Gasteiger partial charge on any atom is 0.134 e. The molecule has 1 N–H and O–H groups in total. The van der Waals surface area contributed by atoms with E-state index in [-0.39, 0.29) is 5.92 Å². The van der Waals surface area contributed by atoms with Crippen molar-refractivity contribution in [3.05, 3.63) is 70.9 Å². The Morgan fingerprint density at radius 3 is 2.55 bits per heavy atom. The summed E-state index contributed by atoms with van der Waals surface area (Å²) in [4.78, 5) is 0. The van der Waals surface area contributed by atoms with Crippen LogP contribution in [0, 0.1) is 0 Å². The van der Waals surface area contributed by atoms with Crippen LogP contribution in [0.4, 0.5) is 0 Å². The van der Waals surface area contributed by atoms with Crippen LogP contribution in [0.5, 0.6) is 0 Å². The first-order valence-corrected chi connectivity index (χ1v) is 6.95. The van der Waals surface area contributed by atoms with Gasteiger partial charge in [-0.25, -0.2) is 0 Å². The number of aliphatic hydroxyl groups is 1. The van der Waals surface area contributed by atoms with Gasteiger partial charge in [0.05, 0.1) is 0 Å². The Morgan fingerprint density at radius 2 is 1.80 bits per heavy atom. The normalized spacial score (nSPS) is 14.3. The van der Waals surface area contributed by atoms with Crippen molar-refractivity contribution in [2.75, 3.05) is 0 Å². The van der Waals surface area contributed by atoms with Crippen molar-refractivity contribution in [2.45, 2.75) is 18.9 Å². The van der Waals surface area contributed by atoms with Gasteiger partial charge in [0.2, 0.25) is 0 Å². The molecule has 0 saturated carbocycles. The van der Waals surface area contributed by atoms with Gasteiger partial charge in [-0.3, -0.25) is 0 Å². The zero-order valence-electron chi connectivity index (χ0n) is 11.1. The molecule has 2 nitrogen and oxygen atoms in total. The topological polar surface area (TPSA) is 33.4 Å². The number of furan rings is 1. The Balaban J connectivity index is 1.94. The van der Waals surface area contributed by atoms with E-state index in [0.717, 1.165) is 16.5 Å². The predicted molar refractivity (Wildman–Crippen MR) is 81.0 cm³/mol. The summed E-state index contributed by atoms with van der Waals surface area (Å²) < 4.78 is 5.72. The zero-order valence-corrected chi connectivity index (χ0v) is 11.8. The molecule has 0 aliphatic carbocycles. The molecule has 0 aliphatic heterocycles. The second kappa shape index (κ2) is 5.31. The highest BCUT2D eigenvalue weighted by molar-refractivity contribution is 6.31. The molecule has 2 aromatic carbocycles. The molecule has 0 bridgehead atoms. The van der Waals surface area contributed by atoms with Crippen LogP contribution in [-0.4, -0.2) is 5.11 Å². The van der Waals surface area contributed by atoms with Crippen LogP contribution in [0.1, 0.15) is 30.3 Å². The van der Waals surface area contributed by atoms with Gasteiger partial charge in [-0.05, 0) is 29.8 Å². The minimum atomic E-state index is -0.677. The maximum absolute atomic E-state index is 10.5. The van der Waals surface area contributed by atoms with Crippen molar-refractivity contribution in [3.63, 3.8) is 0 Å². The second-order valence-electron chi connectivity index (χ2n) is 4.98. The number of hydrogen-bond donors (Lipinski definition) is 1. The molecule has 1 aromatic heterocycles. The van der Waals surface area contributed by atoms with Gasteiger partial charge in [-0.2, -0.15) is 0 Å². The highest BCUT2D eigenvalue weighted by atomic mass is 35.5. The highest BCUT2D eigenvalue weighted by Crippen LogP contribution is 2.34. The first-order chi connectivity index (χ1) is 9.65. The largest absolute Gasteiger partial charge is 0.458 e. The third-order valence-electron chi connectivity index (χ3n) is 3.59. The Labute approximate surface area is 122 Å². The van der Waals surface area contributed by atoms with E-state index in [1.165, 1.54) is 0 Å². The SMILES string of the molecule is CC(c1ccccc1)C(O)c1cc2cc(Cl)ccc2o1. The Bertz CT molecular complexity index is 718. The molecular formula is C17H15ClO2. The summed E-state index contributed by atoms with van der Waals surface area (Å²) in [6.45, 7) is 1.99. The molecule has 0 aliphatic rings. The van der Waals surface area contributed by atoms with Crippen molar-refractivity contribution in [2.24, 2.45) is 0 Å². The molecule has 1 heterocycles. The van der Waals surface area contributed by atoms with E-state index < -0.39 is 6.10 Å². The summed E-state index contributed by atoms with van der Waals surface area (Å²) >= 11 is 5.96. The number of hydrogen-bond acceptors (Lipinski definition) is 2. The average Bonchev–Trinajstić information content (AvgIpc) is 2.89. The molecular weight excluding hydrogens is 272 g/mol. The van der Waals surface area contributed by atoms with Crippen LogP contribution in [0.15, 0.2) is 59.0 Å². The molecule has 3 aromatic rings. The molecule has 0 fully saturated rings. The number of aliphatic hydroxyl groups excluding tert-OH is 1. The summed E-state index contributed by atoms with van der Waals surface area (Å²) in [6, 6.07) is 17.2. The van der Waals surface area contributed by atoms with Crippen molar-refractivity contribution < 1.29 is 9.52 Å². The van der Waals surface area contributed by atoms with E-state index in [0.29, 0.717) is 10.8 Å². The maximum atomic E-state index is 10.5. The molecule has 3 heteroatoms. The van der Waals surface area contributed by atoms with Crippen molar-refractivity contribution in [3.8, 4) is 0 Å². The lowest BCUT2D eigenvalue weighted by atomic mass is 9.94. The summed E-state index contributed by atoms with van der Waals surface area (Å²) in [7, 11) is 0. The van der Waals surface area contributed by atoms with Crippen LogP contribution < -0.4 is 0 Å². The third-order valence-corrected chi connectivity index (χ3v) is 3.82. The Morgan fingerprint density at radius 1 is 1.05 bits per heavy atom. The summed E-state index contributed by atoms with van der Waals surface area (Å²) in [5.41, 5.74) is 1.82. The summed E-state index contributed by atoms with van der Waals surface area (Å²) in [5, 5.41) is 12.1. The van der Waals surface area contributed by atoms with Crippen molar-refractivity contribution >= 4 is 22.6 Å². The van der Waals surface area contributed by atoms with E-state index in [2.05, 4.69) is 0 Å². The van der Waals surface area contributed by atoms with Gasteiger partial charge in [-0.15, -0.1) is 0 Å². The minimum Gasteiger partial charge on any atom is -0.458 e. The monoisotopic (exact) mass is 286 g/mol. The fraction of sp³-hybridized carbons (Fsp3) is 0.176. The fourth-order valence-electron chi connectivity index (χ4n) is 2.37. The summed E-state index contributed by atoms with van der Waals surface area (Å²) in [5.74, 6) is 0.533.